The Morgan fingerprint density at radius 2 is 2.17 bits per heavy atom. The van der Waals surface area contributed by atoms with E-state index >= 15 is 0 Å². The molecule has 5 nitrogen and oxygen atoms in total. The van der Waals surface area contributed by atoms with Gasteiger partial charge in [0, 0.05) is 30.5 Å². The van der Waals surface area contributed by atoms with Gasteiger partial charge in [0.05, 0.1) is 6.54 Å². The largest absolute Gasteiger partial charge is 0.326 e. The summed E-state index contributed by atoms with van der Waals surface area (Å²) in [6.45, 7) is 1.83. The van der Waals surface area contributed by atoms with Crippen LogP contribution < -0.4 is 10.6 Å². The molecule has 1 fully saturated rings. The van der Waals surface area contributed by atoms with Crippen LogP contribution in [0, 0.1) is 0 Å². The van der Waals surface area contributed by atoms with Crippen LogP contribution in [0.3, 0.4) is 0 Å². The van der Waals surface area contributed by atoms with Crippen molar-refractivity contribution in [3.05, 3.63) is 48.3 Å². The summed E-state index contributed by atoms with van der Waals surface area (Å²) in [5.74, 6) is 0.0912. The molecule has 23 heavy (non-hydrogen) atoms. The lowest BCUT2D eigenvalue weighted by molar-refractivity contribution is -0.116. The van der Waals surface area contributed by atoms with Crippen molar-refractivity contribution >= 4 is 24.0 Å². The molecule has 1 aliphatic rings. The van der Waals surface area contributed by atoms with Gasteiger partial charge in [-0.25, -0.2) is 0 Å². The summed E-state index contributed by atoms with van der Waals surface area (Å²) in [5, 5.41) is 10.6. The fourth-order valence-corrected chi connectivity index (χ4v) is 2.81. The van der Waals surface area contributed by atoms with Crippen LogP contribution in [0.2, 0.25) is 0 Å². The second-order valence-electron chi connectivity index (χ2n) is 5.78. The van der Waals surface area contributed by atoms with Gasteiger partial charge in [-0.15, -0.1) is 12.4 Å². The Kier molecular flexibility index (Phi) is 6.62. The fourth-order valence-electron chi connectivity index (χ4n) is 2.81. The van der Waals surface area contributed by atoms with E-state index in [0.29, 0.717) is 12.5 Å². The summed E-state index contributed by atoms with van der Waals surface area (Å²) in [4.78, 5) is 12.0. The molecule has 0 aliphatic carbocycles. The summed E-state index contributed by atoms with van der Waals surface area (Å²) in [7, 11) is 0. The summed E-state index contributed by atoms with van der Waals surface area (Å²) in [5.41, 5.74) is 2.02. The molecule has 124 valence electrons. The van der Waals surface area contributed by atoms with E-state index in [2.05, 4.69) is 15.7 Å². The molecular weight excluding hydrogens is 312 g/mol. The average Bonchev–Trinajstić information content (AvgIpc) is 3.20. The van der Waals surface area contributed by atoms with Crippen LogP contribution >= 0.6 is 12.4 Å². The molecule has 1 aromatic heterocycles. The topological polar surface area (TPSA) is 59.0 Å². The first-order chi connectivity index (χ1) is 10.8. The standard InChI is InChI=1S/C17H22N4O.ClH/c22-17(9-8-15-3-1-10-18-15)20-16-6-4-14(5-7-16)13-21-12-2-11-19-21;/h2,4-7,11-12,15,18H,1,3,8-10,13H2,(H,20,22);1H. The van der Waals surface area contributed by atoms with Gasteiger partial charge in [0.25, 0.3) is 0 Å². The molecule has 1 unspecified atom stereocenters. The molecule has 2 aromatic rings. The summed E-state index contributed by atoms with van der Waals surface area (Å²) in [6, 6.07) is 10.4. The molecule has 1 saturated heterocycles. The molecular formula is C17H23ClN4O. The third-order valence-corrected chi connectivity index (χ3v) is 4.02. The molecule has 1 atom stereocenters. The Morgan fingerprint density at radius 1 is 1.35 bits per heavy atom. The molecule has 1 amide bonds. The first-order valence-electron chi connectivity index (χ1n) is 7.89. The summed E-state index contributed by atoms with van der Waals surface area (Å²) >= 11 is 0. The number of nitrogens with zero attached hydrogens (tertiary/aromatic N) is 2. The smallest absolute Gasteiger partial charge is 0.224 e. The lowest BCUT2D eigenvalue weighted by atomic mass is 10.1. The number of aromatic nitrogens is 2. The molecule has 3 rings (SSSR count). The zero-order valence-corrected chi connectivity index (χ0v) is 13.9. The highest BCUT2D eigenvalue weighted by Gasteiger charge is 2.15. The van der Waals surface area contributed by atoms with E-state index in [1.165, 1.54) is 12.8 Å². The van der Waals surface area contributed by atoms with E-state index in [9.17, 15) is 4.79 Å². The van der Waals surface area contributed by atoms with E-state index in [-0.39, 0.29) is 18.3 Å². The minimum absolute atomic E-state index is 0. The number of carbonyl (C=O) groups is 1. The van der Waals surface area contributed by atoms with Crippen molar-refractivity contribution in [2.24, 2.45) is 0 Å². The van der Waals surface area contributed by atoms with Crippen molar-refractivity contribution in [3.63, 3.8) is 0 Å². The lowest BCUT2D eigenvalue weighted by Gasteiger charge is -2.10. The molecule has 0 saturated carbocycles. The minimum atomic E-state index is 0. The Balaban J connectivity index is 0.00000192. The average molecular weight is 335 g/mol. The zero-order valence-electron chi connectivity index (χ0n) is 13.1. The normalized spacial score (nSPS) is 16.8. The fraction of sp³-hybridized carbons (Fsp3) is 0.412. The van der Waals surface area contributed by atoms with Crippen molar-refractivity contribution in [2.45, 2.75) is 38.3 Å². The summed E-state index contributed by atoms with van der Waals surface area (Å²) < 4.78 is 1.88. The van der Waals surface area contributed by atoms with Crippen LogP contribution in [0.15, 0.2) is 42.7 Å². The van der Waals surface area contributed by atoms with Crippen molar-refractivity contribution < 1.29 is 4.79 Å². The Hall–Kier alpha value is -1.85. The molecule has 1 aliphatic heterocycles. The third-order valence-electron chi connectivity index (χ3n) is 4.02. The second kappa shape index (κ2) is 8.70. The maximum atomic E-state index is 12.0. The van der Waals surface area contributed by atoms with Crippen molar-refractivity contribution in [3.8, 4) is 0 Å². The number of nitrogens with one attached hydrogen (secondary N) is 2. The van der Waals surface area contributed by atoms with Gasteiger partial charge in [-0.05, 0) is 49.6 Å². The number of carbonyl (C=O) groups excluding carboxylic acids is 1. The number of anilines is 1. The minimum Gasteiger partial charge on any atom is -0.326 e. The Labute approximate surface area is 142 Å². The van der Waals surface area contributed by atoms with Crippen molar-refractivity contribution in [2.75, 3.05) is 11.9 Å². The van der Waals surface area contributed by atoms with Crippen LogP contribution in [0.5, 0.6) is 0 Å². The predicted molar refractivity (Wildman–Crippen MR) is 93.9 cm³/mol. The zero-order chi connectivity index (χ0) is 15.2. The summed E-state index contributed by atoms with van der Waals surface area (Å²) in [6.07, 6.45) is 7.62. The van der Waals surface area contributed by atoms with Gasteiger partial charge < -0.3 is 10.6 Å². The Bertz CT molecular complexity index is 592. The molecule has 1 aromatic carbocycles. The number of hydrogen-bond donors (Lipinski definition) is 2. The van der Waals surface area contributed by atoms with E-state index in [4.69, 9.17) is 0 Å². The van der Waals surface area contributed by atoms with Gasteiger partial charge in [-0.3, -0.25) is 9.48 Å². The highest BCUT2D eigenvalue weighted by Crippen LogP contribution is 2.14. The van der Waals surface area contributed by atoms with E-state index in [0.717, 1.165) is 30.8 Å². The third kappa shape index (κ3) is 5.37. The first kappa shape index (κ1) is 17.5. The monoisotopic (exact) mass is 334 g/mol. The molecule has 6 heteroatoms. The van der Waals surface area contributed by atoms with Crippen LogP contribution in [-0.2, 0) is 11.3 Å². The SMILES string of the molecule is Cl.O=C(CCC1CCCN1)Nc1ccc(Cn2cccn2)cc1. The molecule has 2 heterocycles. The van der Waals surface area contributed by atoms with Crippen LogP contribution in [0.25, 0.3) is 0 Å². The lowest BCUT2D eigenvalue weighted by Crippen LogP contribution is -2.23. The number of hydrogen-bond acceptors (Lipinski definition) is 3. The van der Waals surface area contributed by atoms with Crippen LogP contribution in [0.4, 0.5) is 5.69 Å². The maximum Gasteiger partial charge on any atom is 0.224 e. The van der Waals surface area contributed by atoms with Gasteiger partial charge in [0.15, 0.2) is 0 Å². The molecule has 0 radical (unpaired) electrons. The van der Waals surface area contributed by atoms with Crippen LogP contribution in [0.1, 0.15) is 31.2 Å². The molecule has 0 spiro atoms. The van der Waals surface area contributed by atoms with Gasteiger partial charge in [0.1, 0.15) is 0 Å². The number of rotatable bonds is 6. The van der Waals surface area contributed by atoms with E-state index in [1.807, 2.05) is 41.2 Å². The van der Waals surface area contributed by atoms with E-state index in [1.54, 1.807) is 6.20 Å². The van der Waals surface area contributed by atoms with Crippen LogP contribution in [-0.4, -0.2) is 28.3 Å². The number of halogens is 1. The van der Waals surface area contributed by atoms with Crippen molar-refractivity contribution in [1.29, 1.82) is 0 Å². The Morgan fingerprint density at radius 3 is 2.83 bits per heavy atom. The highest BCUT2D eigenvalue weighted by atomic mass is 35.5. The van der Waals surface area contributed by atoms with Gasteiger partial charge >= 0.3 is 0 Å². The first-order valence-corrected chi connectivity index (χ1v) is 7.89. The predicted octanol–water partition coefficient (Wildman–Crippen LogP) is 2.82. The quantitative estimate of drug-likeness (QED) is 0.854. The highest BCUT2D eigenvalue weighted by molar-refractivity contribution is 5.90. The molecule has 0 bridgehead atoms. The van der Waals surface area contributed by atoms with Crippen molar-refractivity contribution in [1.82, 2.24) is 15.1 Å². The second-order valence-corrected chi connectivity index (χ2v) is 5.78. The van der Waals surface area contributed by atoms with E-state index < -0.39 is 0 Å². The van der Waals surface area contributed by atoms with Gasteiger partial charge in [-0.2, -0.15) is 5.10 Å². The number of amides is 1. The van der Waals surface area contributed by atoms with Gasteiger partial charge in [0.2, 0.25) is 5.91 Å². The van der Waals surface area contributed by atoms with Gasteiger partial charge in [-0.1, -0.05) is 12.1 Å². The number of benzene rings is 1. The molecule has 2 N–H and O–H groups in total. The maximum absolute atomic E-state index is 12.0.